The van der Waals surface area contributed by atoms with Crippen LogP contribution in [0.2, 0.25) is 5.02 Å². The predicted molar refractivity (Wildman–Crippen MR) is 101 cm³/mol. The molecule has 5 nitrogen and oxygen atoms in total. The molecule has 0 radical (unpaired) electrons. The van der Waals surface area contributed by atoms with Crippen LogP contribution in [0, 0.1) is 6.92 Å². The minimum atomic E-state index is -0.562. The smallest absolute Gasteiger partial charge is 0.340 e. The summed E-state index contributed by atoms with van der Waals surface area (Å²) in [6.07, 6.45) is 0.624. The molecule has 134 valence electrons. The van der Waals surface area contributed by atoms with Crippen LogP contribution < -0.4 is 10.9 Å². The molecule has 0 spiro atoms. The number of phenolic OH excluding ortho intramolecular Hbond substituents is 1. The summed E-state index contributed by atoms with van der Waals surface area (Å²) in [4.78, 5) is 24.4. The molecular formula is C20H18ClNO4. The van der Waals surface area contributed by atoms with Crippen molar-refractivity contribution in [2.45, 2.75) is 19.8 Å². The van der Waals surface area contributed by atoms with Crippen LogP contribution in [-0.4, -0.2) is 17.6 Å². The number of benzene rings is 2. The summed E-state index contributed by atoms with van der Waals surface area (Å²) in [7, 11) is 0. The van der Waals surface area contributed by atoms with E-state index in [1.54, 1.807) is 25.1 Å². The number of aromatic hydroxyl groups is 1. The van der Waals surface area contributed by atoms with Crippen LogP contribution in [0.15, 0.2) is 51.7 Å². The highest BCUT2D eigenvalue weighted by molar-refractivity contribution is 6.30. The summed E-state index contributed by atoms with van der Waals surface area (Å²) in [5.41, 5.74) is 1.82. The Kier molecular flexibility index (Phi) is 5.28. The van der Waals surface area contributed by atoms with E-state index in [2.05, 4.69) is 5.32 Å². The van der Waals surface area contributed by atoms with Crippen molar-refractivity contribution in [1.82, 2.24) is 5.32 Å². The third-order valence-electron chi connectivity index (χ3n) is 4.26. The van der Waals surface area contributed by atoms with Gasteiger partial charge in [-0.3, -0.25) is 4.79 Å². The van der Waals surface area contributed by atoms with Crippen molar-refractivity contribution >= 4 is 28.5 Å². The summed E-state index contributed by atoms with van der Waals surface area (Å²) in [5.74, 6) is -0.222. The Hall–Kier alpha value is -2.79. The lowest BCUT2D eigenvalue weighted by atomic mass is 10.0. The zero-order valence-electron chi connectivity index (χ0n) is 14.2. The Morgan fingerprint density at radius 1 is 1.19 bits per heavy atom. The molecule has 0 saturated carbocycles. The molecule has 1 aromatic heterocycles. The first-order chi connectivity index (χ1) is 12.4. The lowest BCUT2D eigenvalue weighted by molar-refractivity contribution is -0.120. The molecule has 0 aliphatic rings. The minimum Gasteiger partial charge on any atom is -0.508 e. The van der Waals surface area contributed by atoms with E-state index in [0.29, 0.717) is 40.1 Å². The first kappa shape index (κ1) is 18.0. The average molecular weight is 372 g/mol. The van der Waals surface area contributed by atoms with Gasteiger partial charge in [0.15, 0.2) is 0 Å². The van der Waals surface area contributed by atoms with Gasteiger partial charge in [0, 0.05) is 23.0 Å². The number of aryl methyl sites for hydroxylation is 1. The quantitative estimate of drug-likeness (QED) is 0.674. The van der Waals surface area contributed by atoms with Crippen molar-refractivity contribution in [3.05, 3.63) is 74.6 Å². The van der Waals surface area contributed by atoms with Crippen molar-refractivity contribution in [3.8, 4) is 5.75 Å². The van der Waals surface area contributed by atoms with Crippen LogP contribution in [-0.2, 0) is 17.6 Å². The lowest BCUT2D eigenvalue weighted by Gasteiger charge is -2.09. The van der Waals surface area contributed by atoms with Gasteiger partial charge in [0.05, 0.1) is 12.0 Å². The fraction of sp³-hybridized carbons (Fsp3) is 0.200. The van der Waals surface area contributed by atoms with Gasteiger partial charge >= 0.3 is 5.63 Å². The van der Waals surface area contributed by atoms with Crippen LogP contribution in [0.3, 0.4) is 0 Å². The second kappa shape index (κ2) is 7.62. The molecule has 0 aliphatic carbocycles. The molecule has 26 heavy (non-hydrogen) atoms. The summed E-state index contributed by atoms with van der Waals surface area (Å²) >= 11 is 5.84. The molecule has 0 saturated heterocycles. The number of phenols is 1. The molecule has 3 rings (SSSR count). The van der Waals surface area contributed by atoms with Crippen LogP contribution in [0.4, 0.5) is 0 Å². The predicted octanol–water partition coefficient (Wildman–Crippen LogP) is 3.36. The van der Waals surface area contributed by atoms with E-state index in [4.69, 9.17) is 16.0 Å². The maximum Gasteiger partial charge on any atom is 0.340 e. The number of nitrogens with one attached hydrogen (secondary N) is 1. The number of rotatable bonds is 5. The Balaban J connectivity index is 1.68. The zero-order valence-corrected chi connectivity index (χ0v) is 15.0. The average Bonchev–Trinajstić information content (AvgIpc) is 2.60. The molecule has 0 bridgehead atoms. The third-order valence-corrected chi connectivity index (χ3v) is 4.51. The molecule has 0 unspecified atom stereocenters. The second-order valence-corrected chi connectivity index (χ2v) is 6.51. The number of halogens is 1. The standard InChI is InChI=1S/C20H18ClNO4/c1-12-16-7-6-15(23)10-18(16)26-20(25)17(12)11-19(24)22-9-8-13-2-4-14(21)5-3-13/h2-7,10,23H,8-9,11H2,1H3,(H,22,24). The monoisotopic (exact) mass is 371 g/mol. The fourth-order valence-corrected chi connectivity index (χ4v) is 2.93. The summed E-state index contributed by atoms with van der Waals surface area (Å²) in [6.45, 7) is 2.24. The van der Waals surface area contributed by atoms with Crippen LogP contribution in [0.25, 0.3) is 11.0 Å². The van der Waals surface area contributed by atoms with Gasteiger partial charge in [-0.05, 0) is 48.7 Å². The van der Waals surface area contributed by atoms with Gasteiger partial charge in [0.25, 0.3) is 0 Å². The van der Waals surface area contributed by atoms with Crippen molar-refractivity contribution in [1.29, 1.82) is 0 Å². The highest BCUT2D eigenvalue weighted by atomic mass is 35.5. The Morgan fingerprint density at radius 3 is 2.65 bits per heavy atom. The van der Waals surface area contributed by atoms with Crippen LogP contribution >= 0.6 is 11.6 Å². The zero-order chi connectivity index (χ0) is 18.7. The molecule has 2 N–H and O–H groups in total. The van der Waals surface area contributed by atoms with Gasteiger partial charge in [-0.2, -0.15) is 0 Å². The number of carbonyl (C=O) groups excluding carboxylic acids is 1. The molecule has 0 atom stereocenters. The topological polar surface area (TPSA) is 79.5 Å². The number of hydrogen-bond donors (Lipinski definition) is 2. The molecule has 2 aromatic carbocycles. The molecule has 1 heterocycles. The first-order valence-electron chi connectivity index (χ1n) is 8.20. The van der Waals surface area contributed by atoms with Gasteiger partial charge in [-0.15, -0.1) is 0 Å². The SMILES string of the molecule is Cc1c(CC(=O)NCCc2ccc(Cl)cc2)c(=O)oc2cc(O)ccc12. The number of hydrogen-bond acceptors (Lipinski definition) is 4. The summed E-state index contributed by atoms with van der Waals surface area (Å²) in [5, 5.41) is 13.7. The second-order valence-electron chi connectivity index (χ2n) is 6.08. The van der Waals surface area contributed by atoms with Crippen LogP contribution in [0.1, 0.15) is 16.7 Å². The maximum absolute atomic E-state index is 12.2. The molecule has 3 aromatic rings. The Morgan fingerprint density at radius 2 is 1.92 bits per heavy atom. The van der Waals surface area contributed by atoms with E-state index in [9.17, 15) is 14.7 Å². The maximum atomic E-state index is 12.2. The Bertz CT molecular complexity index is 1010. The van der Waals surface area contributed by atoms with E-state index in [1.807, 2.05) is 12.1 Å². The first-order valence-corrected chi connectivity index (χ1v) is 8.58. The van der Waals surface area contributed by atoms with E-state index in [-0.39, 0.29) is 18.1 Å². The third kappa shape index (κ3) is 4.06. The van der Waals surface area contributed by atoms with Gasteiger partial charge in [-0.25, -0.2) is 4.79 Å². The van der Waals surface area contributed by atoms with Gasteiger partial charge in [0.1, 0.15) is 11.3 Å². The van der Waals surface area contributed by atoms with Crippen molar-refractivity contribution in [2.75, 3.05) is 6.54 Å². The highest BCUT2D eigenvalue weighted by Crippen LogP contribution is 2.23. The molecular weight excluding hydrogens is 354 g/mol. The number of fused-ring (bicyclic) bond motifs is 1. The minimum absolute atomic E-state index is 0.0211. The summed E-state index contributed by atoms with van der Waals surface area (Å²) < 4.78 is 5.23. The van der Waals surface area contributed by atoms with E-state index in [0.717, 1.165) is 5.56 Å². The van der Waals surface area contributed by atoms with Crippen LogP contribution in [0.5, 0.6) is 5.75 Å². The lowest BCUT2D eigenvalue weighted by Crippen LogP contribution is -2.29. The molecule has 6 heteroatoms. The highest BCUT2D eigenvalue weighted by Gasteiger charge is 2.15. The number of carbonyl (C=O) groups is 1. The van der Waals surface area contributed by atoms with Gasteiger partial charge in [-0.1, -0.05) is 23.7 Å². The molecule has 0 aliphatic heterocycles. The largest absolute Gasteiger partial charge is 0.508 e. The van der Waals surface area contributed by atoms with E-state index >= 15 is 0 Å². The van der Waals surface area contributed by atoms with Crippen molar-refractivity contribution < 1.29 is 14.3 Å². The molecule has 0 fully saturated rings. The van der Waals surface area contributed by atoms with E-state index < -0.39 is 5.63 Å². The van der Waals surface area contributed by atoms with Crippen molar-refractivity contribution in [3.63, 3.8) is 0 Å². The molecule has 1 amide bonds. The summed E-state index contributed by atoms with van der Waals surface area (Å²) in [6, 6.07) is 12.0. The normalized spacial score (nSPS) is 10.8. The van der Waals surface area contributed by atoms with Crippen molar-refractivity contribution in [2.24, 2.45) is 0 Å². The Labute approximate surface area is 155 Å². The van der Waals surface area contributed by atoms with E-state index in [1.165, 1.54) is 12.1 Å². The van der Waals surface area contributed by atoms with Gasteiger partial charge < -0.3 is 14.8 Å². The number of amides is 1. The van der Waals surface area contributed by atoms with Gasteiger partial charge in [0.2, 0.25) is 5.91 Å². The fourth-order valence-electron chi connectivity index (χ4n) is 2.81.